The molecule has 0 bridgehead atoms. The number of hydrogen-bond acceptors (Lipinski definition) is 7. The molecule has 2 aromatic carbocycles. The summed E-state index contributed by atoms with van der Waals surface area (Å²) < 4.78 is 21.8. The number of fused-ring (bicyclic) bond motifs is 1. The van der Waals surface area contributed by atoms with Crippen molar-refractivity contribution < 1.29 is 23.5 Å². The topological polar surface area (TPSA) is 77.3 Å². The molecule has 0 saturated carbocycles. The Kier molecular flexibility index (Phi) is 5.92. The van der Waals surface area contributed by atoms with Gasteiger partial charge in [0.05, 0.1) is 6.61 Å². The van der Waals surface area contributed by atoms with E-state index in [-0.39, 0.29) is 25.9 Å². The molecule has 3 heterocycles. The Morgan fingerprint density at radius 2 is 1.82 bits per heavy atom. The predicted octanol–water partition coefficient (Wildman–Crippen LogP) is 3.55. The fourth-order valence-corrected chi connectivity index (χ4v) is 4.16. The van der Waals surface area contributed by atoms with Gasteiger partial charge in [0.1, 0.15) is 12.3 Å². The third kappa shape index (κ3) is 4.66. The normalized spacial score (nSPS) is 15.2. The molecule has 2 aliphatic rings. The minimum Gasteiger partial charge on any atom is -0.454 e. The maximum absolute atomic E-state index is 12.6. The van der Waals surface area contributed by atoms with E-state index in [2.05, 4.69) is 42.1 Å². The number of nitrogens with zero attached hydrogens (tertiary/aromatic N) is 3. The lowest BCUT2D eigenvalue weighted by atomic mass is 10.1. The maximum Gasteiger partial charge on any atom is 0.248 e. The predicted molar refractivity (Wildman–Crippen MR) is 122 cm³/mol. The number of benzene rings is 2. The van der Waals surface area contributed by atoms with Crippen molar-refractivity contribution in [3.63, 3.8) is 0 Å². The largest absolute Gasteiger partial charge is 0.454 e. The molecule has 5 rings (SSSR count). The van der Waals surface area contributed by atoms with Gasteiger partial charge >= 0.3 is 0 Å². The average Bonchev–Trinajstić information content (AvgIpc) is 3.50. The second-order valence-electron chi connectivity index (χ2n) is 8.40. The zero-order chi connectivity index (χ0) is 22.8. The first-order chi connectivity index (χ1) is 16.1. The van der Waals surface area contributed by atoms with Crippen LogP contribution in [0.3, 0.4) is 0 Å². The standard InChI is InChI=1S/C25H27N3O5/c1-17-3-4-18(2)21(11-17)27-7-9-28(10-8-27)25(29)15-30-14-20-13-23(33-26-20)19-5-6-22-24(12-19)32-16-31-22/h3-6,11-13H,7-10,14-16H2,1-2H3. The minimum atomic E-state index is -0.00453. The van der Waals surface area contributed by atoms with Crippen molar-refractivity contribution in [2.24, 2.45) is 0 Å². The summed E-state index contributed by atoms with van der Waals surface area (Å²) in [7, 11) is 0. The third-order valence-electron chi connectivity index (χ3n) is 6.03. The van der Waals surface area contributed by atoms with Gasteiger partial charge in [-0.15, -0.1) is 0 Å². The molecule has 1 fully saturated rings. The number of aryl methyl sites for hydroxylation is 2. The lowest BCUT2D eigenvalue weighted by molar-refractivity contribution is -0.136. The van der Waals surface area contributed by atoms with E-state index in [0.717, 1.165) is 24.4 Å². The smallest absolute Gasteiger partial charge is 0.248 e. The zero-order valence-corrected chi connectivity index (χ0v) is 18.9. The molecular weight excluding hydrogens is 422 g/mol. The zero-order valence-electron chi connectivity index (χ0n) is 18.9. The monoisotopic (exact) mass is 449 g/mol. The second kappa shape index (κ2) is 9.15. The summed E-state index contributed by atoms with van der Waals surface area (Å²) >= 11 is 0. The molecule has 0 aliphatic carbocycles. The summed E-state index contributed by atoms with van der Waals surface area (Å²) in [5.74, 6) is 2.01. The van der Waals surface area contributed by atoms with Crippen LogP contribution in [0.1, 0.15) is 16.8 Å². The van der Waals surface area contributed by atoms with Crippen molar-refractivity contribution in [2.45, 2.75) is 20.5 Å². The Balaban J connectivity index is 1.10. The van der Waals surface area contributed by atoms with Gasteiger partial charge in [-0.3, -0.25) is 4.79 Å². The van der Waals surface area contributed by atoms with Gasteiger partial charge in [-0.1, -0.05) is 17.3 Å². The van der Waals surface area contributed by atoms with Crippen molar-refractivity contribution in [1.82, 2.24) is 10.1 Å². The van der Waals surface area contributed by atoms with Gasteiger partial charge in [0.25, 0.3) is 0 Å². The average molecular weight is 450 g/mol. The van der Waals surface area contributed by atoms with E-state index in [1.165, 1.54) is 16.8 Å². The first kappa shape index (κ1) is 21.3. The van der Waals surface area contributed by atoms with Crippen LogP contribution in [0.4, 0.5) is 5.69 Å². The van der Waals surface area contributed by atoms with Crippen LogP contribution < -0.4 is 14.4 Å². The molecule has 3 aromatic rings. The number of amides is 1. The van der Waals surface area contributed by atoms with E-state index >= 15 is 0 Å². The van der Waals surface area contributed by atoms with Crippen LogP contribution in [-0.2, 0) is 16.1 Å². The first-order valence-electron chi connectivity index (χ1n) is 11.1. The highest BCUT2D eigenvalue weighted by molar-refractivity contribution is 5.77. The highest BCUT2D eigenvalue weighted by Crippen LogP contribution is 2.36. The molecule has 172 valence electrons. The summed E-state index contributed by atoms with van der Waals surface area (Å²) in [6.45, 7) is 7.70. The molecule has 8 heteroatoms. The second-order valence-corrected chi connectivity index (χ2v) is 8.40. The number of carbonyl (C=O) groups is 1. The summed E-state index contributed by atoms with van der Waals surface area (Å²) in [4.78, 5) is 16.8. The molecule has 8 nitrogen and oxygen atoms in total. The Morgan fingerprint density at radius 3 is 2.67 bits per heavy atom. The highest BCUT2D eigenvalue weighted by Gasteiger charge is 2.22. The number of hydrogen-bond donors (Lipinski definition) is 0. The Bertz CT molecular complexity index is 1150. The Morgan fingerprint density at radius 1 is 1.00 bits per heavy atom. The van der Waals surface area contributed by atoms with Crippen molar-refractivity contribution >= 4 is 11.6 Å². The maximum atomic E-state index is 12.6. The van der Waals surface area contributed by atoms with Crippen LogP contribution in [0.2, 0.25) is 0 Å². The molecule has 1 aromatic heterocycles. The van der Waals surface area contributed by atoms with Gasteiger partial charge in [-0.05, 0) is 49.2 Å². The number of piperazine rings is 1. The molecule has 2 aliphatic heterocycles. The van der Waals surface area contributed by atoms with Crippen molar-refractivity contribution in [3.05, 3.63) is 59.3 Å². The molecule has 0 spiro atoms. The van der Waals surface area contributed by atoms with E-state index in [1.54, 1.807) is 0 Å². The molecule has 33 heavy (non-hydrogen) atoms. The molecule has 0 radical (unpaired) electrons. The van der Waals surface area contributed by atoms with Crippen LogP contribution in [0.5, 0.6) is 11.5 Å². The van der Waals surface area contributed by atoms with Gasteiger partial charge in [-0.2, -0.15) is 0 Å². The van der Waals surface area contributed by atoms with Gasteiger partial charge < -0.3 is 28.5 Å². The Hall–Kier alpha value is -3.52. The fourth-order valence-electron chi connectivity index (χ4n) is 4.16. The van der Waals surface area contributed by atoms with Gasteiger partial charge in [0, 0.05) is 43.5 Å². The summed E-state index contributed by atoms with van der Waals surface area (Å²) in [6.07, 6.45) is 0. The van der Waals surface area contributed by atoms with Crippen molar-refractivity contribution in [2.75, 3.05) is 44.5 Å². The van der Waals surface area contributed by atoms with Crippen LogP contribution in [0.15, 0.2) is 47.0 Å². The number of anilines is 1. The van der Waals surface area contributed by atoms with Crippen LogP contribution in [-0.4, -0.2) is 55.5 Å². The summed E-state index contributed by atoms with van der Waals surface area (Å²) in [5.41, 5.74) is 5.24. The lowest BCUT2D eigenvalue weighted by Crippen LogP contribution is -2.50. The molecule has 0 N–H and O–H groups in total. The van der Waals surface area contributed by atoms with Crippen LogP contribution in [0, 0.1) is 13.8 Å². The molecule has 0 unspecified atom stereocenters. The van der Waals surface area contributed by atoms with E-state index in [9.17, 15) is 4.79 Å². The highest BCUT2D eigenvalue weighted by atomic mass is 16.7. The SMILES string of the molecule is Cc1ccc(C)c(N2CCN(C(=O)COCc3cc(-c4ccc5c(c4)OCO5)on3)CC2)c1. The van der Waals surface area contributed by atoms with Crippen molar-refractivity contribution in [3.8, 4) is 22.8 Å². The fraction of sp³-hybridized carbons (Fsp3) is 0.360. The molecule has 0 atom stereocenters. The Labute approximate surface area is 192 Å². The van der Waals surface area contributed by atoms with Crippen molar-refractivity contribution in [1.29, 1.82) is 0 Å². The van der Waals surface area contributed by atoms with Gasteiger partial charge in [-0.25, -0.2) is 0 Å². The summed E-state index contributed by atoms with van der Waals surface area (Å²) in [6, 6.07) is 13.9. The quantitative estimate of drug-likeness (QED) is 0.570. The van der Waals surface area contributed by atoms with E-state index in [0.29, 0.717) is 30.3 Å². The lowest BCUT2D eigenvalue weighted by Gasteiger charge is -2.37. The van der Waals surface area contributed by atoms with Crippen LogP contribution in [0.25, 0.3) is 11.3 Å². The molecule has 1 amide bonds. The summed E-state index contributed by atoms with van der Waals surface area (Å²) in [5, 5.41) is 4.05. The first-order valence-corrected chi connectivity index (χ1v) is 11.1. The van der Waals surface area contributed by atoms with Gasteiger partial charge in [0.2, 0.25) is 12.7 Å². The number of rotatable bonds is 6. The van der Waals surface area contributed by atoms with E-state index in [4.69, 9.17) is 18.7 Å². The number of ether oxygens (including phenoxy) is 3. The molecule has 1 saturated heterocycles. The number of carbonyl (C=O) groups excluding carboxylic acids is 1. The van der Waals surface area contributed by atoms with Crippen LogP contribution >= 0.6 is 0 Å². The molecular formula is C25H27N3O5. The minimum absolute atomic E-state index is 0.00453. The van der Waals surface area contributed by atoms with E-state index < -0.39 is 0 Å². The number of aromatic nitrogens is 1. The van der Waals surface area contributed by atoms with E-state index in [1.807, 2.05) is 29.2 Å². The van der Waals surface area contributed by atoms with Gasteiger partial charge in [0.15, 0.2) is 17.3 Å². The third-order valence-corrected chi connectivity index (χ3v) is 6.03.